The van der Waals surface area contributed by atoms with Crippen molar-refractivity contribution in [1.29, 1.82) is 0 Å². The van der Waals surface area contributed by atoms with Gasteiger partial charge in [0.15, 0.2) is 11.2 Å². The highest BCUT2D eigenvalue weighted by Crippen LogP contribution is 2.54. The third-order valence-electron chi connectivity index (χ3n) is 3.75. The van der Waals surface area contributed by atoms with Gasteiger partial charge in [-0.3, -0.25) is 9.59 Å². The van der Waals surface area contributed by atoms with Crippen LogP contribution in [-0.2, 0) is 9.53 Å². The fraction of sp³-hybridized carbons (Fsp3) is 0.176. The molecule has 0 bridgehead atoms. The summed E-state index contributed by atoms with van der Waals surface area (Å²) in [5.74, 6) is -0.0706. The molecule has 5 heteroatoms. The second kappa shape index (κ2) is 5.42. The van der Waals surface area contributed by atoms with Crippen LogP contribution in [0.15, 0.2) is 47.2 Å². The summed E-state index contributed by atoms with van der Waals surface area (Å²) in [6, 6.07) is 8.97. The summed E-state index contributed by atoms with van der Waals surface area (Å²) in [6.07, 6.45) is 1.67. The Bertz CT molecular complexity index is 743. The summed E-state index contributed by atoms with van der Waals surface area (Å²) in [4.78, 5) is 24.9. The monoisotopic (exact) mass is 314 g/mol. The largest absolute Gasteiger partial charge is 0.497 e. The van der Waals surface area contributed by atoms with Gasteiger partial charge in [-0.05, 0) is 40.8 Å². The fourth-order valence-corrected chi connectivity index (χ4v) is 3.13. The van der Waals surface area contributed by atoms with Gasteiger partial charge in [0.1, 0.15) is 5.75 Å². The number of methoxy groups -OCH3 is 2. The molecule has 0 saturated heterocycles. The zero-order valence-corrected chi connectivity index (χ0v) is 13.0. The Morgan fingerprint density at radius 3 is 2.36 bits per heavy atom. The lowest BCUT2D eigenvalue weighted by Gasteiger charge is -2.14. The standard InChI is InChI=1S/C17H14O4S/c1-20-13-5-3-11(4-6-13)14-9-17(14,16(19)21-2)15(18)12-7-8-22-10-12/h3-10H,1-2H3. The van der Waals surface area contributed by atoms with Gasteiger partial charge in [0, 0.05) is 10.9 Å². The number of rotatable bonds is 5. The minimum absolute atomic E-state index is 0.244. The van der Waals surface area contributed by atoms with Gasteiger partial charge in [-0.15, -0.1) is 0 Å². The molecule has 4 nitrogen and oxygen atoms in total. The minimum Gasteiger partial charge on any atom is -0.497 e. The minimum atomic E-state index is -1.29. The van der Waals surface area contributed by atoms with Gasteiger partial charge in [-0.2, -0.15) is 11.3 Å². The molecular weight excluding hydrogens is 300 g/mol. The average Bonchev–Trinajstić information content (AvgIpc) is 3.08. The lowest BCUT2D eigenvalue weighted by Crippen LogP contribution is -2.30. The first-order valence-electron chi connectivity index (χ1n) is 6.66. The second-order valence-electron chi connectivity index (χ2n) is 4.93. The maximum atomic E-state index is 12.7. The van der Waals surface area contributed by atoms with E-state index < -0.39 is 11.4 Å². The number of ether oxygens (including phenoxy) is 2. The van der Waals surface area contributed by atoms with Crippen LogP contribution < -0.4 is 4.74 Å². The van der Waals surface area contributed by atoms with Gasteiger partial charge < -0.3 is 9.47 Å². The summed E-state index contributed by atoms with van der Waals surface area (Å²) in [7, 11) is 2.88. The first kappa shape index (κ1) is 14.5. The molecule has 1 atom stereocenters. The molecule has 3 rings (SSSR count). The molecule has 1 unspecified atom stereocenters. The first-order valence-corrected chi connectivity index (χ1v) is 7.61. The van der Waals surface area contributed by atoms with Crippen molar-refractivity contribution in [3.05, 3.63) is 58.3 Å². The van der Waals surface area contributed by atoms with Crippen LogP contribution in [0.5, 0.6) is 5.75 Å². The number of thiophene rings is 1. The Labute approximate surface area is 132 Å². The van der Waals surface area contributed by atoms with Crippen molar-refractivity contribution in [2.75, 3.05) is 14.2 Å². The Balaban J connectivity index is 1.94. The number of ketones is 1. The summed E-state index contributed by atoms with van der Waals surface area (Å²) in [5, 5.41) is 3.55. The number of carbonyl (C=O) groups excluding carboxylic acids is 2. The smallest absolute Gasteiger partial charge is 0.328 e. The first-order chi connectivity index (χ1) is 10.6. The number of hydrogen-bond acceptors (Lipinski definition) is 5. The number of Topliss-reactive ketones (excluding diaryl/α,β-unsaturated/α-hetero) is 1. The highest BCUT2D eigenvalue weighted by molar-refractivity contribution is 7.08. The van der Waals surface area contributed by atoms with E-state index in [1.54, 1.807) is 36.8 Å². The maximum absolute atomic E-state index is 12.7. The van der Waals surface area contributed by atoms with Crippen LogP contribution in [0, 0.1) is 5.41 Å². The highest BCUT2D eigenvalue weighted by atomic mass is 32.1. The van der Waals surface area contributed by atoms with Crippen molar-refractivity contribution in [3.63, 3.8) is 0 Å². The van der Waals surface area contributed by atoms with Crippen LogP contribution in [0.1, 0.15) is 15.9 Å². The van der Waals surface area contributed by atoms with E-state index in [2.05, 4.69) is 0 Å². The van der Waals surface area contributed by atoms with Crippen molar-refractivity contribution >= 4 is 28.7 Å². The van der Waals surface area contributed by atoms with E-state index in [0.717, 1.165) is 11.3 Å². The summed E-state index contributed by atoms with van der Waals surface area (Å²) >= 11 is 1.42. The van der Waals surface area contributed by atoms with E-state index in [4.69, 9.17) is 9.47 Å². The molecule has 22 heavy (non-hydrogen) atoms. The third-order valence-corrected chi connectivity index (χ3v) is 4.44. The summed E-state index contributed by atoms with van der Waals surface area (Å²) in [5.41, 5.74) is 0.730. The van der Waals surface area contributed by atoms with Gasteiger partial charge in [0.2, 0.25) is 0 Å². The molecule has 1 heterocycles. The molecule has 0 spiro atoms. The average molecular weight is 314 g/mol. The molecule has 0 radical (unpaired) electrons. The SMILES string of the molecule is COC(=O)C1(C(=O)c2ccsc2)C=C1c1ccc(OC)cc1. The Kier molecular flexibility index (Phi) is 3.58. The van der Waals surface area contributed by atoms with Gasteiger partial charge in [0.25, 0.3) is 0 Å². The summed E-state index contributed by atoms with van der Waals surface area (Å²) in [6.45, 7) is 0. The highest BCUT2D eigenvalue weighted by Gasteiger charge is 2.58. The van der Waals surface area contributed by atoms with E-state index in [0.29, 0.717) is 11.1 Å². The fourth-order valence-electron chi connectivity index (χ4n) is 2.49. The molecule has 1 aliphatic carbocycles. The van der Waals surface area contributed by atoms with Gasteiger partial charge in [0.05, 0.1) is 14.2 Å². The zero-order chi connectivity index (χ0) is 15.7. The normalized spacial score (nSPS) is 19.3. The van der Waals surface area contributed by atoms with E-state index >= 15 is 0 Å². The third kappa shape index (κ3) is 2.14. The molecule has 0 amide bonds. The number of carbonyl (C=O) groups is 2. The van der Waals surface area contributed by atoms with Crippen LogP contribution in [0.25, 0.3) is 5.57 Å². The maximum Gasteiger partial charge on any atom is 0.328 e. The molecule has 0 fully saturated rings. The number of esters is 1. The predicted octanol–water partition coefficient (Wildman–Crippen LogP) is 3.20. The molecule has 1 aromatic heterocycles. The molecule has 2 aromatic rings. The van der Waals surface area contributed by atoms with E-state index in [1.165, 1.54) is 18.4 Å². The van der Waals surface area contributed by atoms with Crippen molar-refractivity contribution in [2.45, 2.75) is 0 Å². The Hall–Kier alpha value is -2.40. The quantitative estimate of drug-likeness (QED) is 0.483. The molecule has 1 aliphatic rings. The van der Waals surface area contributed by atoms with Crippen LogP contribution in [-0.4, -0.2) is 26.0 Å². The summed E-state index contributed by atoms with van der Waals surface area (Å²) < 4.78 is 9.98. The zero-order valence-electron chi connectivity index (χ0n) is 12.2. The van der Waals surface area contributed by atoms with Crippen LogP contribution in [0.2, 0.25) is 0 Å². The van der Waals surface area contributed by atoms with Crippen LogP contribution >= 0.6 is 11.3 Å². The van der Waals surface area contributed by atoms with E-state index in [9.17, 15) is 9.59 Å². The predicted molar refractivity (Wildman–Crippen MR) is 84.1 cm³/mol. The van der Waals surface area contributed by atoms with Gasteiger partial charge >= 0.3 is 5.97 Å². The van der Waals surface area contributed by atoms with E-state index in [-0.39, 0.29) is 5.78 Å². The lowest BCUT2D eigenvalue weighted by molar-refractivity contribution is -0.143. The Morgan fingerprint density at radius 1 is 1.09 bits per heavy atom. The Morgan fingerprint density at radius 2 is 1.82 bits per heavy atom. The van der Waals surface area contributed by atoms with Crippen LogP contribution in [0.3, 0.4) is 0 Å². The molecule has 1 aromatic carbocycles. The molecule has 112 valence electrons. The molecule has 0 aliphatic heterocycles. The van der Waals surface area contributed by atoms with E-state index in [1.807, 2.05) is 17.5 Å². The topological polar surface area (TPSA) is 52.6 Å². The van der Waals surface area contributed by atoms with Crippen molar-refractivity contribution in [2.24, 2.45) is 5.41 Å². The second-order valence-corrected chi connectivity index (χ2v) is 5.71. The lowest BCUT2D eigenvalue weighted by atomic mass is 9.88. The van der Waals surface area contributed by atoms with Crippen LogP contribution in [0.4, 0.5) is 0 Å². The molecular formula is C17H14O4S. The number of benzene rings is 1. The van der Waals surface area contributed by atoms with Crippen molar-refractivity contribution < 1.29 is 19.1 Å². The molecule has 0 N–H and O–H groups in total. The number of hydrogen-bond donors (Lipinski definition) is 0. The van der Waals surface area contributed by atoms with Crippen molar-refractivity contribution in [3.8, 4) is 5.75 Å². The molecule has 0 saturated carbocycles. The van der Waals surface area contributed by atoms with Gasteiger partial charge in [-0.1, -0.05) is 12.1 Å². The van der Waals surface area contributed by atoms with Gasteiger partial charge in [-0.25, -0.2) is 0 Å². The van der Waals surface area contributed by atoms with Crippen molar-refractivity contribution in [1.82, 2.24) is 0 Å².